The van der Waals surface area contributed by atoms with E-state index >= 15 is 0 Å². The minimum absolute atomic E-state index is 0.181. The van der Waals surface area contributed by atoms with Crippen LogP contribution in [0.1, 0.15) is 32.1 Å². The summed E-state index contributed by atoms with van der Waals surface area (Å²) in [6, 6.07) is 0. The number of hydrogen-bond donors (Lipinski definition) is 2. The quantitative estimate of drug-likeness (QED) is 0.617. The molecule has 18 heavy (non-hydrogen) atoms. The summed E-state index contributed by atoms with van der Waals surface area (Å²) in [7, 11) is -4.57. The molecule has 0 bridgehead atoms. The number of hydrogen-bond acceptors (Lipinski definition) is 1. The van der Waals surface area contributed by atoms with E-state index in [0.29, 0.717) is 12.8 Å². The fraction of sp³-hybridized carbons (Fsp3) is 1.00. The molecule has 3 nitrogen and oxygen atoms in total. The first-order valence-corrected chi connectivity index (χ1v) is 7.63. The molecule has 0 radical (unpaired) electrons. The predicted molar refractivity (Wildman–Crippen MR) is 57.9 cm³/mol. The highest BCUT2D eigenvalue weighted by molar-refractivity contribution is 7.51. The van der Waals surface area contributed by atoms with Crippen molar-refractivity contribution in [1.82, 2.24) is 0 Å². The van der Waals surface area contributed by atoms with E-state index in [2.05, 4.69) is 0 Å². The van der Waals surface area contributed by atoms with Crippen molar-refractivity contribution in [3.8, 4) is 0 Å². The van der Waals surface area contributed by atoms with E-state index in [9.17, 15) is 22.1 Å². The Labute approximate surface area is 103 Å². The summed E-state index contributed by atoms with van der Waals surface area (Å²) in [5, 5.41) is 0. The van der Waals surface area contributed by atoms with Crippen LogP contribution in [0.5, 0.6) is 0 Å². The molecule has 1 aliphatic rings. The van der Waals surface area contributed by atoms with E-state index in [1.807, 2.05) is 0 Å². The second-order valence-corrected chi connectivity index (χ2v) is 6.59. The lowest BCUT2D eigenvalue weighted by atomic mass is 9.78. The molecule has 3 atom stereocenters. The van der Waals surface area contributed by atoms with Crippen LogP contribution in [0.25, 0.3) is 0 Å². The van der Waals surface area contributed by atoms with Gasteiger partial charge in [-0.3, -0.25) is 4.57 Å². The average Bonchev–Trinajstić information content (AvgIpc) is 2.12. The monoisotopic (exact) mass is 292 g/mol. The summed E-state index contributed by atoms with van der Waals surface area (Å²) in [5.74, 6) is -2.23. The van der Waals surface area contributed by atoms with Gasteiger partial charge in [-0.15, -0.1) is 0 Å². The molecule has 0 aliphatic heterocycles. The van der Waals surface area contributed by atoms with E-state index < -0.39 is 44.4 Å². The molecule has 1 saturated carbocycles. The third kappa shape index (κ3) is 5.67. The second kappa shape index (κ2) is 5.88. The maximum atomic E-state index is 13.6. The topological polar surface area (TPSA) is 57.5 Å². The molecule has 0 aromatic carbocycles. The number of halogens is 4. The highest BCUT2D eigenvalue weighted by atomic mass is 31.2. The van der Waals surface area contributed by atoms with Crippen molar-refractivity contribution >= 4 is 7.60 Å². The molecule has 0 aromatic heterocycles. The van der Waals surface area contributed by atoms with Crippen LogP contribution in [0.2, 0.25) is 0 Å². The van der Waals surface area contributed by atoms with Crippen molar-refractivity contribution in [2.24, 2.45) is 11.8 Å². The van der Waals surface area contributed by atoms with Gasteiger partial charge in [-0.25, -0.2) is 4.39 Å². The first-order valence-electron chi connectivity index (χ1n) is 5.84. The van der Waals surface area contributed by atoms with E-state index in [1.165, 1.54) is 0 Å². The smallest absolute Gasteiger partial charge is 0.324 e. The Kier molecular flexibility index (Phi) is 5.21. The Morgan fingerprint density at radius 2 is 1.78 bits per heavy atom. The predicted octanol–water partition coefficient (Wildman–Crippen LogP) is 3.26. The van der Waals surface area contributed by atoms with E-state index in [0.717, 1.165) is 0 Å². The van der Waals surface area contributed by atoms with Crippen molar-refractivity contribution < 1.29 is 31.9 Å². The van der Waals surface area contributed by atoms with Gasteiger partial charge in [-0.1, -0.05) is 12.8 Å². The molecule has 0 saturated heterocycles. The van der Waals surface area contributed by atoms with Crippen molar-refractivity contribution in [3.05, 3.63) is 0 Å². The molecular weight excluding hydrogens is 275 g/mol. The van der Waals surface area contributed by atoms with Crippen molar-refractivity contribution in [3.63, 3.8) is 0 Å². The Morgan fingerprint density at radius 3 is 2.22 bits per heavy atom. The first kappa shape index (κ1) is 15.9. The second-order valence-electron chi connectivity index (χ2n) is 4.89. The molecule has 2 N–H and O–H groups in total. The van der Waals surface area contributed by atoms with E-state index in [4.69, 9.17) is 9.79 Å². The maximum absolute atomic E-state index is 13.6. The third-order valence-electron chi connectivity index (χ3n) is 3.30. The summed E-state index contributed by atoms with van der Waals surface area (Å²) in [4.78, 5) is 17.6. The lowest BCUT2D eigenvalue weighted by Gasteiger charge is -2.33. The third-order valence-corrected chi connectivity index (χ3v) is 4.25. The van der Waals surface area contributed by atoms with Gasteiger partial charge in [0.15, 0.2) is 0 Å². The zero-order valence-corrected chi connectivity index (χ0v) is 10.6. The first-order chi connectivity index (χ1) is 8.08. The Balaban J connectivity index is 2.78. The number of alkyl halides is 4. The normalized spacial score (nSPS) is 28.1. The molecule has 0 amide bonds. The minimum atomic E-state index is -4.57. The minimum Gasteiger partial charge on any atom is -0.324 e. The van der Waals surface area contributed by atoms with Crippen molar-refractivity contribution in [1.29, 1.82) is 0 Å². The zero-order chi connectivity index (χ0) is 14.0. The molecule has 1 aliphatic carbocycles. The van der Waals surface area contributed by atoms with Gasteiger partial charge in [0.25, 0.3) is 0 Å². The van der Waals surface area contributed by atoms with Gasteiger partial charge in [0.2, 0.25) is 0 Å². The molecule has 1 rings (SSSR count). The number of rotatable bonds is 4. The van der Waals surface area contributed by atoms with Crippen LogP contribution >= 0.6 is 7.60 Å². The van der Waals surface area contributed by atoms with Crippen LogP contribution in [0.3, 0.4) is 0 Å². The maximum Gasteiger partial charge on any atom is 0.389 e. The Hall–Kier alpha value is -0.130. The van der Waals surface area contributed by atoms with Gasteiger partial charge in [-0.2, -0.15) is 13.2 Å². The average molecular weight is 292 g/mol. The van der Waals surface area contributed by atoms with Crippen LogP contribution in [-0.4, -0.2) is 28.3 Å². The molecule has 3 unspecified atom stereocenters. The zero-order valence-electron chi connectivity index (χ0n) is 9.74. The molecule has 0 heterocycles. The highest BCUT2D eigenvalue weighted by Gasteiger charge is 2.42. The van der Waals surface area contributed by atoms with Gasteiger partial charge in [0, 0.05) is 6.42 Å². The summed E-state index contributed by atoms with van der Waals surface area (Å²) >= 11 is 0. The standard InChI is InChI=1S/C10H17F4O3P/c11-9-4-2-1-3-8(9)7(5-10(12,13)14)6-18(15,16)17/h7-9H,1-6H2,(H2,15,16,17). The van der Waals surface area contributed by atoms with Crippen LogP contribution in [0.4, 0.5) is 17.6 Å². The summed E-state index contributed by atoms with van der Waals surface area (Å²) in [6.07, 6.45) is -6.47. The van der Waals surface area contributed by atoms with Crippen LogP contribution in [0.15, 0.2) is 0 Å². The van der Waals surface area contributed by atoms with Crippen molar-refractivity contribution in [2.45, 2.75) is 44.5 Å². The van der Waals surface area contributed by atoms with Crippen LogP contribution in [-0.2, 0) is 4.57 Å². The highest BCUT2D eigenvalue weighted by Crippen LogP contribution is 2.46. The Morgan fingerprint density at radius 1 is 1.22 bits per heavy atom. The van der Waals surface area contributed by atoms with Crippen LogP contribution < -0.4 is 0 Å². The fourth-order valence-electron chi connectivity index (χ4n) is 2.60. The summed E-state index contributed by atoms with van der Waals surface area (Å²) in [5.41, 5.74) is 0. The lowest BCUT2D eigenvalue weighted by molar-refractivity contribution is -0.149. The lowest BCUT2D eigenvalue weighted by Crippen LogP contribution is -2.33. The molecule has 8 heteroatoms. The molecule has 0 spiro atoms. The molecule has 108 valence electrons. The van der Waals surface area contributed by atoms with Crippen LogP contribution in [0, 0.1) is 11.8 Å². The summed E-state index contributed by atoms with van der Waals surface area (Å²) in [6.45, 7) is 0. The van der Waals surface area contributed by atoms with Gasteiger partial charge in [-0.05, 0) is 24.7 Å². The van der Waals surface area contributed by atoms with Gasteiger partial charge >= 0.3 is 13.8 Å². The van der Waals surface area contributed by atoms with Gasteiger partial charge in [0.1, 0.15) is 6.17 Å². The van der Waals surface area contributed by atoms with E-state index in [1.54, 1.807) is 0 Å². The van der Waals surface area contributed by atoms with E-state index in [-0.39, 0.29) is 12.8 Å². The Bertz CT molecular complexity index is 315. The van der Waals surface area contributed by atoms with Gasteiger partial charge in [0.05, 0.1) is 6.16 Å². The SMILES string of the molecule is O=P(O)(O)CC(CC(F)(F)F)C1CCCCC1F. The largest absolute Gasteiger partial charge is 0.389 e. The molecule has 1 fully saturated rings. The molecular formula is C10H17F4O3P. The van der Waals surface area contributed by atoms with Crippen molar-refractivity contribution in [2.75, 3.05) is 6.16 Å². The summed E-state index contributed by atoms with van der Waals surface area (Å²) < 4.78 is 61.7. The fourth-order valence-corrected chi connectivity index (χ4v) is 3.61. The molecule has 0 aromatic rings. The van der Waals surface area contributed by atoms with Gasteiger partial charge < -0.3 is 9.79 Å².